The van der Waals surface area contributed by atoms with E-state index in [4.69, 9.17) is 24.1 Å². The van der Waals surface area contributed by atoms with Crippen LogP contribution < -0.4 is 40.6 Å². The van der Waals surface area contributed by atoms with Gasteiger partial charge in [0.15, 0.2) is 0 Å². The van der Waals surface area contributed by atoms with Crippen molar-refractivity contribution >= 4 is 111 Å². The van der Waals surface area contributed by atoms with Gasteiger partial charge in [0.2, 0.25) is 43.7 Å². The molecule has 8 aliphatic rings. The summed E-state index contributed by atoms with van der Waals surface area (Å²) in [6, 6.07) is 11.3. The van der Waals surface area contributed by atoms with Crippen molar-refractivity contribution in [2.75, 3.05) is 13.1 Å². The van der Waals surface area contributed by atoms with Gasteiger partial charge in [0, 0.05) is 24.7 Å². The second-order valence-electron chi connectivity index (χ2n) is 28.2. The number of nitrogens with two attached hydrogens (primary N) is 1. The number of benzene rings is 2. The first-order valence-corrected chi connectivity index (χ1v) is 38.0. The van der Waals surface area contributed by atoms with E-state index < -0.39 is 138 Å². The number of aliphatic carboxylic acids is 1. The van der Waals surface area contributed by atoms with Gasteiger partial charge in [-0.25, -0.2) is 46.3 Å². The molecule has 2 aromatic carbocycles. The number of ether oxygens (including phenoxy) is 4. The van der Waals surface area contributed by atoms with Crippen molar-refractivity contribution < 1.29 is 79.2 Å². The summed E-state index contributed by atoms with van der Waals surface area (Å²) in [5.74, 6) is -4.63. The van der Waals surface area contributed by atoms with Crippen LogP contribution in [0.4, 0.5) is 9.59 Å². The highest BCUT2D eigenvalue weighted by molar-refractivity contribution is 7.91. The minimum atomic E-state index is -3.86. The molecule has 31 heteroatoms. The number of amides is 7. The number of fused-ring (bicyclic) bond motifs is 6. The summed E-state index contributed by atoms with van der Waals surface area (Å²) in [6.07, 6.45) is 15.1. The van der Waals surface area contributed by atoms with Crippen LogP contribution in [-0.2, 0) is 58.3 Å². The van der Waals surface area contributed by atoms with E-state index in [2.05, 4.69) is 36.0 Å². The van der Waals surface area contributed by atoms with Gasteiger partial charge >= 0.3 is 18.2 Å². The van der Waals surface area contributed by atoms with E-state index in [0.717, 1.165) is 65.4 Å². The van der Waals surface area contributed by atoms with Gasteiger partial charge in [-0.2, -0.15) is 0 Å². The Balaban J connectivity index is 0.000000192. The second kappa shape index (κ2) is 29.5. The fourth-order valence-electron chi connectivity index (χ4n) is 12.4. The van der Waals surface area contributed by atoms with Gasteiger partial charge in [0.1, 0.15) is 58.7 Å². The molecule has 97 heavy (non-hydrogen) atoms. The van der Waals surface area contributed by atoms with E-state index in [9.17, 15) is 60.3 Å². The van der Waals surface area contributed by atoms with Crippen LogP contribution in [0.15, 0.2) is 72.8 Å². The van der Waals surface area contributed by atoms with Crippen LogP contribution in [-0.4, -0.2) is 172 Å². The lowest BCUT2D eigenvalue weighted by molar-refractivity contribution is -0.145. The molecule has 2 aromatic heterocycles. The minimum absolute atomic E-state index is 0.0396. The topological polar surface area (TPSA) is 380 Å². The van der Waals surface area contributed by atoms with Gasteiger partial charge in [-0.1, -0.05) is 96.9 Å². The summed E-state index contributed by atoms with van der Waals surface area (Å²) in [5, 5.41) is 25.8. The fraction of sp³-hybridized carbons (Fsp3) is 0.606. The number of sulfonamides is 2. The van der Waals surface area contributed by atoms with Gasteiger partial charge < -0.3 is 55.1 Å². The smallest absolute Gasteiger partial charge is 0.408 e. The van der Waals surface area contributed by atoms with E-state index in [0.29, 0.717) is 61.8 Å². The Labute approximate surface area is 572 Å². The number of nitrogens with one attached hydrogen (secondary N) is 5. The molecule has 4 aromatic rings. The van der Waals surface area contributed by atoms with Crippen molar-refractivity contribution in [3.05, 3.63) is 72.8 Å². The maximum atomic E-state index is 14.3. The van der Waals surface area contributed by atoms with Crippen LogP contribution in [0.2, 0.25) is 0 Å². The second-order valence-corrected chi connectivity index (χ2v) is 34.0. The number of para-hydroxylation sites is 2. The molecule has 4 saturated carbocycles. The normalized spacial score (nSPS) is 28.7. The Morgan fingerprint density at radius 2 is 1.03 bits per heavy atom. The van der Waals surface area contributed by atoms with Crippen molar-refractivity contribution in [3.63, 3.8) is 0 Å². The largest absolute Gasteiger partial charge is 0.479 e. The first-order chi connectivity index (χ1) is 45.8. The molecule has 12 rings (SSSR count). The van der Waals surface area contributed by atoms with Crippen molar-refractivity contribution in [3.8, 4) is 10.4 Å². The number of aromatic nitrogens is 2. The molecule has 8 N–H and O–H groups in total. The number of primary sulfonamides is 1. The highest BCUT2D eigenvalue weighted by Crippen LogP contribution is 2.47. The summed E-state index contributed by atoms with van der Waals surface area (Å²) in [6.45, 7) is 10.6. The number of thiazole rings is 2. The first kappa shape index (κ1) is 72.3. The molecule has 0 spiro atoms. The Hall–Kier alpha value is -7.48. The number of carboxylic acid groups (broad SMARTS) is 1. The number of alkyl carbamates (subject to hydrolysis) is 2. The van der Waals surface area contributed by atoms with E-state index >= 15 is 0 Å². The van der Waals surface area contributed by atoms with Crippen molar-refractivity contribution in [2.24, 2.45) is 17.0 Å². The first-order valence-electron chi connectivity index (χ1n) is 33.2. The van der Waals surface area contributed by atoms with Crippen LogP contribution in [0.3, 0.4) is 0 Å². The number of carboxylic acids is 1. The summed E-state index contributed by atoms with van der Waals surface area (Å²) in [4.78, 5) is 119. The molecule has 4 aliphatic heterocycles. The third-order valence-electron chi connectivity index (χ3n) is 17.9. The lowest BCUT2D eigenvalue weighted by Crippen LogP contribution is -2.58. The molecule has 6 fully saturated rings. The Morgan fingerprint density at radius 1 is 0.608 bits per heavy atom. The molecule has 0 unspecified atom stereocenters. The highest BCUT2D eigenvalue weighted by Gasteiger charge is 2.63. The van der Waals surface area contributed by atoms with E-state index in [1.807, 2.05) is 72.8 Å². The summed E-state index contributed by atoms with van der Waals surface area (Å²) >= 11 is 2.73. The van der Waals surface area contributed by atoms with Crippen molar-refractivity contribution in [1.82, 2.24) is 45.8 Å². The molecule has 6 heterocycles. The Bertz CT molecular complexity index is 3850. The third-order valence-corrected chi connectivity index (χ3v) is 23.0. The predicted octanol–water partition coefficient (Wildman–Crippen LogP) is 7.00. The standard InChI is InChI=1S/C33H43N5O8S2.C30H38N4O7S.C3H7NO2S/c1-32(2,3)46-30(42)34-24-13-8-6-4-5-7-11-20-18-33(20,29(41)37-48(43,44)22-15-16-22)36-27(39)25-17-21(19-38(25)28(24)40)45-31-35-23-12-9-10-14-26(23)47-31;1-29(2,3)41-27(39)31-21-13-8-6-4-5-7-11-18-16-30(18,26(37)38)33-24(35)22-15-19(17-34(22)25(21)36)40-28-32-20-12-9-10-14-23(20)42-28;4-7(5,6)3-1-2-3/h7,9-12,14,20-22,24-25H,4-6,8,13,15-19H2,1-3H3,(H,34,42)(H,36,39)(H,37,41);7,9-12,14,18-19,21-22H,4-6,8,13,15-17H2,1-3H3,(H,31,39)(H,33,35)(H,37,38);3H,1-2H2,(H2,4,5,6)/b2*11-7-;/t20-,21-,24+,25+,33-;18-,19-,21+,22+,30-;/m11./s1. The Kier molecular flexibility index (Phi) is 22.0. The molecule has 27 nitrogen and oxygen atoms in total. The molecule has 0 radical (unpaired) electrons. The monoisotopic (exact) mass is 1420 g/mol. The average molecular weight is 1420 g/mol. The summed E-state index contributed by atoms with van der Waals surface area (Å²) in [7, 11) is -6.99. The molecule has 10 atom stereocenters. The predicted molar refractivity (Wildman–Crippen MR) is 361 cm³/mol. The fourth-order valence-corrected chi connectivity index (χ4v) is 16.3. The number of hydrogen-bond acceptors (Lipinski definition) is 20. The lowest BCUT2D eigenvalue weighted by Gasteiger charge is -2.30. The molecule has 528 valence electrons. The van der Waals surface area contributed by atoms with Crippen LogP contribution >= 0.6 is 22.7 Å². The highest BCUT2D eigenvalue weighted by atomic mass is 32.2. The van der Waals surface area contributed by atoms with Crippen LogP contribution in [0.5, 0.6) is 10.4 Å². The molecule has 4 aliphatic carbocycles. The number of nitrogens with zero attached hydrogens (tertiary/aromatic N) is 4. The summed E-state index contributed by atoms with van der Waals surface area (Å²) in [5.41, 5.74) is -2.85. The van der Waals surface area contributed by atoms with E-state index in [-0.39, 0.29) is 43.5 Å². The quantitative estimate of drug-likeness (QED) is 0.0743. The minimum Gasteiger partial charge on any atom is -0.479 e. The van der Waals surface area contributed by atoms with Gasteiger partial charge in [-0.3, -0.25) is 28.7 Å². The van der Waals surface area contributed by atoms with Gasteiger partial charge in [0.25, 0.3) is 16.3 Å². The van der Waals surface area contributed by atoms with Crippen LogP contribution in [0.1, 0.15) is 157 Å². The Morgan fingerprint density at radius 3 is 1.43 bits per heavy atom. The average Bonchev–Trinajstić information content (AvgIpc) is 1.58. The van der Waals surface area contributed by atoms with Gasteiger partial charge in [0.05, 0.1) is 44.0 Å². The molecule has 2 saturated heterocycles. The van der Waals surface area contributed by atoms with E-state index in [1.54, 1.807) is 41.5 Å². The maximum Gasteiger partial charge on any atom is 0.408 e. The van der Waals surface area contributed by atoms with Crippen molar-refractivity contribution in [1.29, 1.82) is 0 Å². The number of hydrogen-bond donors (Lipinski definition) is 7. The summed E-state index contributed by atoms with van der Waals surface area (Å²) < 4.78 is 73.2. The molecule has 7 amide bonds. The van der Waals surface area contributed by atoms with Gasteiger partial charge in [-0.05, 0) is 143 Å². The SMILES string of the molecule is CC(C)(C)OC(=O)N[C@H]1CCCCC/C=C\[C@@H]2C[C@@]2(C(=O)NS(=O)(=O)C2CC2)NC(=O)[C@@H]2C[C@@H](Oc3nc4ccccc4s3)CN2C1=O.CC(C)(C)OC(=O)N[C@H]1CCCCC/C=C\[C@@H]2C[C@@]2(C(=O)O)NC(=O)[C@@H]2C[C@@H](Oc3nc4ccccc4s3)CN2C1=O.NS(=O)(=O)C1CC1. The molecular weight excluding hydrogens is 1330 g/mol. The van der Waals surface area contributed by atoms with Gasteiger partial charge in [-0.15, -0.1) is 0 Å². The zero-order chi connectivity index (χ0) is 69.8. The van der Waals surface area contributed by atoms with E-state index in [1.165, 1.54) is 32.5 Å². The zero-order valence-electron chi connectivity index (χ0n) is 55.3. The third kappa shape index (κ3) is 18.8. The lowest BCUT2D eigenvalue weighted by atomic mass is 10.0. The maximum absolute atomic E-state index is 14.3. The zero-order valence-corrected chi connectivity index (χ0v) is 58.6. The van der Waals surface area contributed by atoms with Crippen LogP contribution in [0.25, 0.3) is 20.4 Å². The number of carbonyl (C=O) groups excluding carboxylic acids is 7. The number of allylic oxidation sites excluding steroid dienone is 2. The molecular formula is C66H88N10O17S4. The van der Waals surface area contributed by atoms with Crippen molar-refractivity contribution in [2.45, 2.75) is 226 Å². The number of rotatable bonds is 11. The molecule has 0 bridgehead atoms. The number of carbonyl (C=O) groups is 8. The van der Waals surface area contributed by atoms with Crippen LogP contribution in [0, 0.1) is 11.8 Å².